The molecule has 1 heterocycles. The summed E-state index contributed by atoms with van der Waals surface area (Å²) in [4.78, 5) is 1.39. The first-order valence-electron chi connectivity index (χ1n) is 6.57. The molecular weight excluding hydrogens is 250 g/mol. The Bertz CT molecular complexity index is 315. The minimum absolute atomic E-state index is 0.473. The zero-order chi connectivity index (χ0) is 12.8. The Morgan fingerprint density at radius 1 is 1.41 bits per heavy atom. The first-order valence-corrected chi connectivity index (χ1v) is 7.77. The van der Waals surface area contributed by atoms with E-state index in [4.69, 9.17) is 11.6 Å². The number of aryl methyl sites for hydroxylation is 1. The van der Waals surface area contributed by atoms with Gasteiger partial charge in [-0.2, -0.15) is 0 Å². The minimum atomic E-state index is 0.473. The Labute approximate surface area is 115 Å². The molecule has 0 bridgehead atoms. The zero-order valence-corrected chi connectivity index (χ0v) is 12.9. The van der Waals surface area contributed by atoms with Crippen LogP contribution in [0.4, 0.5) is 0 Å². The number of hydrogen-bond donors (Lipinski definition) is 1. The third kappa shape index (κ3) is 4.61. The molecule has 17 heavy (non-hydrogen) atoms. The number of hydrogen-bond acceptors (Lipinski definition) is 2. The van der Waals surface area contributed by atoms with Crippen molar-refractivity contribution in [2.24, 2.45) is 5.92 Å². The molecule has 0 saturated carbocycles. The fraction of sp³-hybridized carbons (Fsp3) is 0.714. The van der Waals surface area contributed by atoms with Crippen molar-refractivity contribution in [3.05, 3.63) is 20.8 Å². The van der Waals surface area contributed by atoms with E-state index in [9.17, 15) is 0 Å². The molecule has 98 valence electrons. The number of nitrogens with one attached hydrogen (secondary N) is 1. The van der Waals surface area contributed by atoms with Crippen molar-refractivity contribution in [2.45, 2.75) is 53.0 Å². The van der Waals surface area contributed by atoms with Gasteiger partial charge in [0.25, 0.3) is 0 Å². The second kappa shape index (κ2) is 7.40. The fourth-order valence-corrected chi connectivity index (χ4v) is 3.15. The predicted octanol–water partition coefficient (Wildman–Crippen LogP) is 5.19. The standard InChI is InChI=1S/C14H24ClNS/c1-5-7-16-12(8-10(3)6-2)13-9-11(4)14(15)17-13/h9-10,12,16H,5-8H2,1-4H3. The van der Waals surface area contributed by atoms with E-state index in [0.29, 0.717) is 6.04 Å². The van der Waals surface area contributed by atoms with Gasteiger partial charge in [-0.25, -0.2) is 0 Å². The van der Waals surface area contributed by atoms with Crippen LogP contribution in [0.25, 0.3) is 0 Å². The van der Waals surface area contributed by atoms with Gasteiger partial charge in [-0.15, -0.1) is 11.3 Å². The molecule has 0 aromatic carbocycles. The Balaban J connectivity index is 2.74. The highest BCUT2D eigenvalue weighted by molar-refractivity contribution is 7.16. The maximum Gasteiger partial charge on any atom is 0.0960 e. The Hall–Kier alpha value is -0.0500. The van der Waals surface area contributed by atoms with Crippen molar-refractivity contribution in [2.75, 3.05) is 6.54 Å². The summed E-state index contributed by atoms with van der Waals surface area (Å²) in [5.41, 5.74) is 1.21. The van der Waals surface area contributed by atoms with Gasteiger partial charge >= 0.3 is 0 Å². The average Bonchev–Trinajstić information content (AvgIpc) is 2.64. The van der Waals surface area contributed by atoms with Crippen molar-refractivity contribution >= 4 is 22.9 Å². The molecule has 2 atom stereocenters. The smallest absolute Gasteiger partial charge is 0.0960 e. The van der Waals surface area contributed by atoms with Crippen molar-refractivity contribution in [3.8, 4) is 0 Å². The van der Waals surface area contributed by atoms with E-state index in [1.54, 1.807) is 11.3 Å². The lowest BCUT2D eigenvalue weighted by molar-refractivity contribution is 0.406. The molecule has 3 heteroatoms. The maximum absolute atomic E-state index is 6.17. The fourth-order valence-electron chi connectivity index (χ4n) is 1.84. The van der Waals surface area contributed by atoms with Crippen LogP contribution in [0.3, 0.4) is 0 Å². The van der Waals surface area contributed by atoms with Crippen molar-refractivity contribution in [1.82, 2.24) is 5.32 Å². The van der Waals surface area contributed by atoms with Gasteiger partial charge in [-0.05, 0) is 43.9 Å². The zero-order valence-electron chi connectivity index (χ0n) is 11.3. The summed E-state index contributed by atoms with van der Waals surface area (Å²) in [6, 6.07) is 2.71. The third-order valence-corrected chi connectivity index (χ3v) is 4.86. The second-order valence-electron chi connectivity index (χ2n) is 4.86. The predicted molar refractivity (Wildman–Crippen MR) is 79.2 cm³/mol. The van der Waals surface area contributed by atoms with E-state index in [1.165, 1.54) is 29.7 Å². The van der Waals surface area contributed by atoms with Crippen LogP contribution < -0.4 is 5.32 Å². The van der Waals surface area contributed by atoms with Gasteiger partial charge < -0.3 is 5.32 Å². The van der Waals surface area contributed by atoms with Gasteiger partial charge in [0.05, 0.1) is 4.34 Å². The molecule has 0 radical (unpaired) electrons. The van der Waals surface area contributed by atoms with E-state index >= 15 is 0 Å². The summed E-state index contributed by atoms with van der Waals surface area (Å²) < 4.78 is 0.937. The molecule has 1 N–H and O–H groups in total. The Morgan fingerprint density at radius 2 is 2.12 bits per heavy atom. The average molecular weight is 274 g/mol. The Morgan fingerprint density at radius 3 is 2.59 bits per heavy atom. The van der Waals surface area contributed by atoms with E-state index in [-0.39, 0.29) is 0 Å². The number of rotatable bonds is 7. The summed E-state index contributed by atoms with van der Waals surface area (Å²) in [5.74, 6) is 0.755. The Kier molecular flexibility index (Phi) is 6.53. The van der Waals surface area contributed by atoms with Crippen LogP contribution in [-0.2, 0) is 0 Å². The topological polar surface area (TPSA) is 12.0 Å². The van der Waals surface area contributed by atoms with Crippen molar-refractivity contribution in [1.29, 1.82) is 0 Å². The molecule has 0 amide bonds. The van der Waals surface area contributed by atoms with E-state index in [2.05, 4.69) is 39.1 Å². The molecule has 2 unspecified atom stereocenters. The summed E-state index contributed by atoms with van der Waals surface area (Å²) in [6.45, 7) is 9.95. The highest BCUT2D eigenvalue weighted by Crippen LogP contribution is 2.34. The van der Waals surface area contributed by atoms with E-state index < -0.39 is 0 Å². The van der Waals surface area contributed by atoms with E-state index in [1.807, 2.05) is 0 Å². The molecule has 0 spiro atoms. The van der Waals surface area contributed by atoms with Crippen LogP contribution in [0, 0.1) is 12.8 Å². The normalized spacial score (nSPS) is 14.9. The van der Waals surface area contributed by atoms with Gasteiger partial charge in [0.15, 0.2) is 0 Å². The SMILES string of the molecule is CCCNC(CC(C)CC)c1cc(C)c(Cl)s1. The molecule has 1 aromatic rings. The monoisotopic (exact) mass is 273 g/mol. The molecule has 1 nitrogen and oxygen atoms in total. The lowest BCUT2D eigenvalue weighted by atomic mass is 9.98. The van der Waals surface area contributed by atoms with Crippen LogP contribution >= 0.6 is 22.9 Å². The second-order valence-corrected chi connectivity index (χ2v) is 6.55. The molecule has 0 aliphatic rings. The summed E-state index contributed by atoms with van der Waals surface area (Å²) in [5, 5.41) is 3.64. The first kappa shape index (κ1) is 15.0. The largest absolute Gasteiger partial charge is 0.309 e. The third-order valence-electron chi connectivity index (χ3n) is 3.20. The number of halogens is 1. The summed E-state index contributed by atoms with van der Waals surface area (Å²) in [6.07, 6.45) is 3.62. The summed E-state index contributed by atoms with van der Waals surface area (Å²) >= 11 is 7.90. The van der Waals surface area contributed by atoms with Gasteiger partial charge in [0.1, 0.15) is 0 Å². The maximum atomic E-state index is 6.17. The van der Waals surface area contributed by atoms with Crippen LogP contribution in [0.15, 0.2) is 6.07 Å². The van der Waals surface area contributed by atoms with Crippen LogP contribution in [0.5, 0.6) is 0 Å². The van der Waals surface area contributed by atoms with Gasteiger partial charge in [0, 0.05) is 10.9 Å². The van der Waals surface area contributed by atoms with Crippen molar-refractivity contribution in [3.63, 3.8) is 0 Å². The molecule has 0 aliphatic carbocycles. The minimum Gasteiger partial charge on any atom is -0.309 e. The highest BCUT2D eigenvalue weighted by atomic mass is 35.5. The first-order chi connectivity index (χ1) is 8.08. The van der Waals surface area contributed by atoms with Gasteiger partial charge in [-0.3, -0.25) is 0 Å². The molecule has 0 aliphatic heterocycles. The van der Waals surface area contributed by atoms with E-state index in [0.717, 1.165) is 16.8 Å². The van der Waals surface area contributed by atoms with Gasteiger partial charge in [0.2, 0.25) is 0 Å². The molecular formula is C14H24ClNS. The van der Waals surface area contributed by atoms with Crippen LogP contribution in [0.1, 0.15) is 56.5 Å². The lowest BCUT2D eigenvalue weighted by Gasteiger charge is -2.20. The van der Waals surface area contributed by atoms with Crippen LogP contribution in [-0.4, -0.2) is 6.54 Å². The van der Waals surface area contributed by atoms with Crippen molar-refractivity contribution < 1.29 is 0 Å². The van der Waals surface area contributed by atoms with Crippen LogP contribution in [0.2, 0.25) is 4.34 Å². The quantitative estimate of drug-likeness (QED) is 0.721. The molecule has 1 aromatic heterocycles. The molecule has 0 fully saturated rings. The molecule has 0 saturated heterocycles. The summed E-state index contributed by atoms with van der Waals surface area (Å²) in [7, 11) is 0. The lowest BCUT2D eigenvalue weighted by Crippen LogP contribution is -2.23. The number of thiophene rings is 1. The highest BCUT2D eigenvalue weighted by Gasteiger charge is 2.17. The van der Waals surface area contributed by atoms with Gasteiger partial charge in [-0.1, -0.05) is 38.8 Å². The molecule has 1 rings (SSSR count).